The second-order valence-electron chi connectivity index (χ2n) is 5.41. The van der Waals surface area contributed by atoms with E-state index in [-0.39, 0.29) is 11.6 Å². The molecule has 24 heavy (non-hydrogen) atoms. The fourth-order valence-electron chi connectivity index (χ4n) is 2.83. The highest BCUT2D eigenvalue weighted by atomic mass is 19.1. The van der Waals surface area contributed by atoms with Crippen molar-refractivity contribution in [2.24, 2.45) is 0 Å². The molecule has 0 atom stereocenters. The van der Waals surface area contributed by atoms with Crippen LogP contribution in [-0.2, 0) is 0 Å². The van der Waals surface area contributed by atoms with Gasteiger partial charge in [0, 0.05) is 0 Å². The van der Waals surface area contributed by atoms with Gasteiger partial charge in [0.2, 0.25) is 0 Å². The van der Waals surface area contributed by atoms with Crippen molar-refractivity contribution < 1.29 is 8.78 Å². The first-order valence-corrected chi connectivity index (χ1v) is 7.58. The Labute approximate surface area is 140 Å². The average molecular weight is 318 g/mol. The van der Waals surface area contributed by atoms with Crippen molar-refractivity contribution in [1.29, 1.82) is 0 Å². The molecule has 0 aliphatic heterocycles. The molecule has 118 valence electrons. The maximum Gasteiger partial charge on any atom is 0.123 e. The van der Waals surface area contributed by atoms with Crippen molar-refractivity contribution in [3.8, 4) is 22.3 Å². The maximum atomic E-state index is 13.3. The van der Waals surface area contributed by atoms with Crippen LogP contribution in [0.4, 0.5) is 8.78 Å². The first kappa shape index (κ1) is 15.9. The minimum atomic E-state index is -0.290. The van der Waals surface area contributed by atoms with E-state index in [4.69, 9.17) is 0 Å². The highest BCUT2D eigenvalue weighted by Gasteiger charge is 2.14. The number of benzene rings is 3. The standard InChI is InChI=1S/C22H16F2/c1-3-15-9-14-21(16-5-10-18(23)11-6-16)22(20(15)4-2)17-7-12-19(24)13-8-17/h3-14H,1-2H2. The van der Waals surface area contributed by atoms with Crippen molar-refractivity contribution in [2.45, 2.75) is 0 Å². The highest BCUT2D eigenvalue weighted by Crippen LogP contribution is 2.37. The van der Waals surface area contributed by atoms with Gasteiger partial charge in [-0.05, 0) is 57.6 Å². The van der Waals surface area contributed by atoms with Crippen LogP contribution in [0.2, 0.25) is 0 Å². The van der Waals surface area contributed by atoms with Crippen molar-refractivity contribution in [1.82, 2.24) is 0 Å². The molecule has 0 nitrogen and oxygen atoms in total. The summed E-state index contributed by atoms with van der Waals surface area (Å²) in [6, 6.07) is 16.6. The van der Waals surface area contributed by atoms with Crippen molar-refractivity contribution in [3.63, 3.8) is 0 Å². The van der Waals surface area contributed by atoms with Crippen LogP contribution in [0, 0.1) is 11.6 Å². The van der Waals surface area contributed by atoms with E-state index in [0.29, 0.717) is 0 Å². The highest BCUT2D eigenvalue weighted by molar-refractivity contribution is 5.92. The summed E-state index contributed by atoms with van der Waals surface area (Å²) < 4.78 is 26.6. The number of hydrogen-bond acceptors (Lipinski definition) is 0. The third kappa shape index (κ3) is 2.91. The zero-order valence-electron chi connectivity index (χ0n) is 13.1. The zero-order chi connectivity index (χ0) is 17.1. The third-order valence-corrected chi connectivity index (χ3v) is 3.99. The Kier molecular flexibility index (Phi) is 4.39. The number of halogens is 2. The lowest BCUT2D eigenvalue weighted by molar-refractivity contribution is 0.627. The van der Waals surface area contributed by atoms with Crippen LogP contribution in [0.25, 0.3) is 34.4 Å². The molecule has 3 aromatic carbocycles. The van der Waals surface area contributed by atoms with Gasteiger partial charge in [0.25, 0.3) is 0 Å². The molecule has 0 amide bonds. The van der Waals surface area contributed by atoms with Gasteiger partial charge in [0.05, 0.1) is 0 Å². The SMILES string of the molecule is C=Cc1ccc(-c2ccc(F)cc2)c(-c2ccc(F)cc2)c1C=C. The van der Waals surface area contributed by atoms with Gasteiger partial charge in [-0.1, -0.05) is 61.7 Å². The Morgan fingerprint density at radius 3 is 1.67 bits per heavy atom. The lowest BCUT2D eigenvalue weighted by atomic mass is 9.87. The molecular formula is C22H16F2. The number of hydrogen-bond donors (Lipinski definition) is 0. The average Bonchev–Trinajstić information content (AvgIpc) is 2.62. The fraction of sp³-hybridized carbons (Fsp3) is 0. The van der Waals surface area contributed by atoms with Crippen molar-refractivity contribution in [2.75, 3.05) is 0 Å². The Balaban J connectivity index is 2.33. The second kappa shape index (κ2) is 6.63. The minimum absolute atomic E-state index is 0.284. The summed E-state index contributed by atoms with van der Waals surface area (Å²) in [7, 11) is 0. The largest absolute Gasteiger partial charge is 0.207 e. The van der Waals surface area contributed by atoms with Gasteiger partial charge < -0.3 is 0 Å². The molecule has 0 saturated heterocycles. The second-order valence-corrected chi connectivity index (χ2v) is 5.41. The molecule has 0 aromatic heterocycles. The van der Waals surface area contributed by atoms with Gasteiger partial charge in [-0.25, -0.2) is 8.78 Å². The number of rotatable bonds is 4. The fourth-order valence-corrected chi connectivity index (χ4v) is 2.83. The summed E-state index contributed by atoms with van der Waals surface area (Å²) in [5, 5.41) is 0. The van der Waals surface area contributed by atoms with Crippen LogP contribution in [-0.4, -0.2) is 0 Å². The first-order valence-electron chi connectivity index (χ1n) is 7.58. The van der Waals surface area contributed by atoms with E-state index in [1.165, 1.54) is 24.3 Å². The van der Waals surface area contributed by atoms with E-state index in [1.54, 1.807) is 36.4 Å². The third-order valence-electron chi connectivity index (χ3n) is 3.99. The van der Waals surface area contributed by atoms with Crippen molar-refractivity contribution in [3.05, 3.63) is 96.6 Å². The molecule has 0 N–H and O–H groups in total. The molecule has 0 unspecified atom stereocenters. The zero-order valence-corrected chi connectivity index (χ0v) is 13.1. The molecule has 0 heterocycles. The normalized spacial score (nSPS) is 10.4. The predicted molar refractivity (Wildman–Crippen MR) is 97.4 cm³/mol. The molecule has 0 bridgehead atoms. The van der Waals surface area contributed by atoms with Gasteiger partial charge in [0.1, 0.15) is 11.6 Å². The van der Waals surface area contributed by atoms with Gasteiger partial charge >= 0.3 is 0 Å². The van der Waals surface area contributed by atoms with Gasteiger partial charge in [0.15, 0.2) is 0 Å². The molecule has 2 heteroatoms. The summed E-state index contributed by atoms with van der Waals surface area (Å²) in [6.45, 7) is 7.76. The molecule has 0 fully saturated rings. The summed E-state index contributed by atoms with van der Waals surface area (Å²) in [5.41, 5.74) is 5.47. The molecule has 0 spiro atoms. The van der Waals surface area contributed by atoms with E-state index in [9.17, 15) is 8.78 Å². The van der Waals surface area contributed by atoms with E-state index in [0.717, 1.165) is 33.4 Å². The van der Waals surface area contributed by atoms with Gasteiger partial charge in [-0.3, -0.25) is 0 Å². The van der Waals surface area contributed by atoms with Crippen LogP contribution < -0.4 is 0 Å². The predicted octanol–water partition coefficient (Wildman–Crippen LogP) is 6.58. The van der Waals surface area contributed by atoms with E-state index in [2.05, 4.69) is 13.2 Å². The Morgan fingerprint density at radius 2 is 1.17 bits per heavy atom. The molecule has 0 aliphatic rings. The van der Waals surface area contributed by atoms with Crippen LogP contribution in [0.5, 0.6) is 0 Å². The molecule has 3 rings (SSSR count). The van der Waals surface area contributed by atoms with Gasteiger partial charge in [-0.2, -0.15) is 0 Å². The van der Waals surface area contributed by atoms with E-state index in [1.807, 2.05) is 12.1 Å². The molecule has 3 aromatic rings. The van der Waals surface area contributed by atoms with Crippen LogP contribution in [0.3, 0.4) is 0 Å². The Bertz CT molecular complexity index is 889. The summed E-state index contributed by atoms with van der Waals surface area (Å²) in [5.74, 6) is -0.573. The summed E-state index contributed by atoms with van der Waals surface area (Å²) in [4.78, 5) is 0. The van der Waals surface area contributed by atoms with Crippen molar-refractivity contribution >= 4 is 12.2 Å². The summed E-state index contributed by atoms with van der Waals surface area (Å²) in [6.07, 6.45) is 3.53. The monoisotopic (exact) mass is 318 g/mol. The van der Waals surface area contributed by atoms with Crippen LogP contribution in [0.15, 0.2) is 73.8 Å². The first-order chi connectivity index (χ1) is 11.6. The Morgan fingerprint density at radius 1 is 0.625 bits per heavy atom. The van der Waals surface area contributed by atoms with E-state index >= 15 is 0 Å². The molecular weight excluding hydrogens is 302 g/mol. The van der Waals surface area contributed by atoms with Crippen LogP contribution in [0.1, 0.15) is 11.1 Å². The Hall–Kier alpha value is -3.00. The minimum Gasteiger partial charge on any atom is -0.207 e. The molecule has 0 aliphatic carbocycles. The van der Waals surface area contributed by atoms with E-state index < -0.39 is 0 Å². The molecule has 0 saturated carbocycles. The maximum absolute atomic E-state index is 13.3. The smallest absolute Gasteiger partial charge is 0.123 e. The lowest BCUT2D eigenvalue weighted by Crippen LogP contribution is -1.93. The molecule has 0 radical (unpaired) electrons. The van der Waals surface area contributed by atoms with Gasteiger partial charge in [-0.15, -0.1) is 0 Å². The quantitative estimate of drug-likeness (QED) is 0.509. The van der Waals surface area contributed by atoms with Crippen LogP contribution >= 0.6 is 0 Å². The lowest BCUT2D eigenvalue weighted by Gasteiger charge is -2.16. The summed E-state index contributed by atoms with van der Waals surface area (Å²) >= 11 is 0. The topological polar surface area (TPSA) is 0 Å².